The summed E-state index contributed by atoms with van der Waals surface area (Å²) < 4.78 is 42.7. The predicted molar refractivity (Wildman–Crippen MR) is 75.8 cm³/mol. The second kappa shape index (κ2) is 6.73. The number of carbonyl (C=O) groups excluding carboxylic acids is 1. The van der Waals surface area contributed by atoms with Crippen molar-refractivity contribution < 1.29 is 22.7 Å². The van der Waals surface area contributed by atoms with E-state index in [2.05, 4.69) is 4.98 Å². The summed E-state index contributed by atoms with van der Waals surface area (Å²) in [7, 11) is 0. The highest BCUT2D eigenvalue weighted by Gasteiger charge is 2.33. The molecular formula is C14H16ClF3N2O2. The molecule has 2 heterocycles. The molecule has 122 valence electrons. The van der Waals surface area contributed by atoms with Crippen molar-refractivity contribution in [1.82, 2.24) is 4.98 Å². The van der Waals surface area contributed by atoms with E-state index in [0.717, 1.165) is 12.3 Å². The minimum atomic E-state index is -4.47. The van der Waals surface area contributed by atoms with Gasteiger partial charge in [0.1, 0.15) is 5.82 Å². The second-order valence-corrected chi connectivity index (χ2v) is 5.45. The maximum absolute atomic E-state index is 12.6. The number of pyridine rings is 1. The van der Waals surface area contributed by atoms with Gasteiger partial charge in [0, 0.05) is 19.3 Å². The van der Waals surface area contributed by atoms with Crippen LogP contribution in [0.15, 0.2) is 12.3 Å². The third-order valence-electron chi connectivity index (χ3n) is 3.56. The molecule has 1 aliphatic heterocycles. The summed E-state index contributed by atoms with van der Waals surface area (Å²) in [5, 5.41) is -0.0376. The van der Waals surface area contributed by atoms with Crippen molar-refractivity contribution >= 4 is 23.4 Å². The Hall–Kier alpha value is -1.50. The molecule has 0 spiro atoms. The Morgan fingerprint density at radius 3 is 2.59 bits per heavy atom. The molecule has 2 rings (SSSR count). The van der Waals surface area contributed by atoms with Gasteiger partial charge < -0.3 is 9.64 Å². The molecule has 1 fully saturated rings. The van der Waals surface area contributed by atoms with Gasteiger partial charge in [-0.2, -0.15) is 13.2 Å². The number of piperidine rings is 1. The maximum Gasteiger partial charge on any atom is 0.417 e. The molecule has 0 atom stereocenters. The molecule has 8 heteroatoms. The molecule has 22 heavy (non-hydrogen) atoms. The van der Waals surface area contributed by atoms with Crippen molar-refractivity contribution in [2.75, 3.05) is 24.6 Å². The highest BCUT2D eigenvalue weighted by atomic mass is 35.5. The van der Waals surface area contributed by atoms with Gasteiger partial charge in [0.05, 0.1) is 23.1 Å². The van der Waals surface area contributed by atoms with Gasteiger partial charge in [0.25, 0.3) is 0 Å². The Morgan fingerprint density at radius 1 is 1.45 bits per heavy atom. The number of ether oxygens (including phenoxy) is 1. The Bertz CT molecular complexity index is 543. The van der Waals surface area contributed by atoms with Crippen LogP contribution in [0.4, 0.5) is 19.0 Å². The van der Waals surface area contributed by atoms with Crippen LogP contribution in [0.25, 0.3) is 0 Å². The molecule has 1 aromatic rings. The summed E-state index contributed by atoms with van der Waals surface area (Å²) >= 11 is 5.92. The van der Waals surface area contributed by atoms with Crippen LogP contribution in [0.2, 0.25) is 5.02 Å². The van der Waals surface area contributed by atoms with E-state index in [0.29, 0.717) is 38.4 Å². The fourth-order valence-electron chi connectivity index (χ4n) is 2.41. The van der Waals surface area contributed by atoms with E-state index in [9.17, 15) is 18.0 Å². The van der Waals surface area contributed by atoms with Crippen molar-refractivity contribution in [2.24, 2.45) is 5.92 Å². The highest BCUT2D eigenvalue weighted by Crippen LogP contribution is 2.34. The summed E-state index contributed by atoms with van der Waals surface area (Å²) in [6.45, 7) is 3.09. The first-order valence-corrected chi connectivity index (χ1v) is 7.35. The lowest BCUT2D eigenvalue weighted by atomic mass is 9.97. The number of alkyl halides is 3. The van der Waals surface area contributed by atoms with Crippen molar-refractivity contribution in [3.63, 3.8) is 0 Å². The lowest BCUT2D eigenvalue weighted by Crippen LogP contribution is -2.37. The number of hydrogen-bond acceptors (Lipinski definition) is 4. The van der Waals surface area contributed by atoms with E-state index >= 15 is 0 Å². The Morgan fingerprint density at radius 2 is 2.09 bits per heavy atom. The van der Waals surface area contributed by atoms with Gasteiger partial charge in [0.15, 0.2) is 0 Å². The number of halogens is 4. The molecule has 0 unspecified atom stereocenters. The molecule has 1 aromatic heterocycles. The van der Waals surface area contributed by atoms with E-state index in [1.807, 2.05) is 0 Å². The van der Waals surface area contributed by atoms with Crippen LogP contribution in [0.3, 0.4) is 0 Å². The average molecular weight is 337 g/mol. The van der Waals surface area contributed by atoms with Gasteiger partial charge in [-0.1, -0.05) is 11.6 Å². The second-order valence-electron chi connectivity index (χ2n) is 5.04. The van der Waals surface area contributed by atoms with Crippen LogP contribution in [0, 0.1) is 5.92 Å². The van der Waals surface area contributed by atoms with Crippen molar-refractivity contribution in [3.8, 4) is 0 Å². The third kappa shape index (κ3) is 3.82. The van der Waals surface area contributed by atoms with Gasteiger partial charge in [-0.3, -0.25) is 4.79 Å². The summed E-state index contributed by atoms with van der Waals surface area (Å²) in [5.74, 6) is -0.0879. The van der Waals surface area contributed by atoms with Crippen molar-refractivity contribution in [1.29, 1.82) is 0 Å². The smallest absolute Gasteiger partial charge is 0.417 e. The Balaban J connectivity index is 2.04. The minimum absolute atomic E-state index is 0.0376. The van der Waals surface area contributed by atoms with E-state index < -0.39 is 11.7 Å². The highest BCUT2D eigenvalue weighted by molar-refractivity contribution is 6.33. The van der Waals surface area contributed by atoms with Gasteiger partial charge >= 0.3 is 12.1 Å². The van der Waals surface area contributed by atoms with E-state index in [1.54, 1.807) is 11.8 Å². The van der Waals surface area contributed by atoms with Crippen LogP contribution in [0.5, 0.6) is 0 Å². The van der Waals surface area contributed by atoms with E-state index in [1.165, 1.54) is 0 Å². The fourth-order valence-corrected chi connectivity index (χ4v) is 2.69. The molecule has 0 bridgehead atoms. The summed E-state index contributed by atoms with van der Waals surface area (Å²) in [5.41, 5.74) is -0.873. The number of esters is 1. The molecule has 0 N–H and O–H groups in total. The summed E-state index contributed by atoms with van der Waals surface area (Å²) in [6.07, 6.45) is -2.56. The fraction of sp³-hybridized carbons (Fsp3) is 0.571. The first kappa shape index (κ1) is 16.9. The largest absolute Gasteiger partial charge is 0.466 e. The van der Waals surface area contributed by atoms with Gasteiger partial charge in [-0.05, 0) is 25.8 Å². The number of carbonyl (C=O) groups is 1. The first-order chi connectivity index (χ1) is 10.3. The van der Waals surface area contributed by atoms with E-state index in [-0.39, 0.29) is 16.9 Å². The SMILES string of the molecule is CCOC(=O)C1CCN(c2ncc(C(F)(F)F)cc2Cl)CC1. The first-order valence-electron chi connectivity index (χ1n) is 6.97. The zero-order chi connectivity index (χ0) is 16.3. The van der Waals surface area contributed by atoms with Crippen LogP contribution < -0.4 is 4.90 Å². The predicted octanol–water partition coefficient (Wildman–Crippen LogP) is 3.53. The summed E-state index contributed by atoms with van der Waals surface area (Å²) in [6, 6.07) is 0.876. The number of anilines is 1. The maximum atomic E-state index is 12.6. The lowest BCUT2D eigenvalue weighted by Gasteiger charge is -2.32. The van der Waals surface area contributed by atoms with Gasteiger partial charge in [0.2, 0.25) is 0 Å². The molecule has 0 aromatic carbocycles. The molecule has 4 nitrogen and oxygen atoms in total. The summed E-state index contributed by atoms with van der Waals surface area (Å²) in [4.78, 5) is 17.3. The van der Waals surface area contributed by atoms with Crippen LogP contribution in [-0.4, -0.2) is 30.6 Å². The minimum Gasteiger partial charge on any atom is -0.466 e. The normalized spacial score (nSPS) is 16.7. The number of aromatic nitrogens is 1. The Labute approximate surface area is 131 Å². The van der Waals surface area contributed by atoms with Crippen molar-refractivity contribution in [2.45, 2.75) is 25.9 Å². The lowest BCUT2D eigenvalue weighted by molar-refractivity contribution is -0.148. The zero-order valence-corrected chi connectivity index (χ0v) is 12.7. The molecule has 1 aliphatic rings. The Kier molecular flexibility index (Phi) is 5.16. The molecule has 0 amide bonds. The van der Waals surface area contributed by atoms with Crippen LogP contribution >= 0.6 is 11.6 Å². The molecule has 0 aliphatic carbocycles. The number of nitrogens with zero attached hydrogens (tertiary/aromatic N) is 2. The molecular weight excluding hydrogens is 321 g/mol. The quantitative estimate of drug-likeness (QED) is 0.792. The average Bonchev–Trinajstić information content (AvgIpc) is 2.46. The van der Waals surface area contributed by atoms with Crippen molar-refractivity contribution in [3.05, 3.63) is 22.8 Å². The van der Waals surface area contributed by atoms with Crippen LogP contribution in [-0.2, 0) is 15.7 Å². The van der Waals surface area contributed by atoms with Crippen LogP contribution in [0.1, 0.15) is 25.3 Å². The molecule has 0 saturated carbocycles. The van der Waals surface area contributed by atoms with E-state index in [4.69, 9.17) is 16.3 Å². The number of hydrogen-bond donors (Lipinski definition) is 0. The molecule has 0 radical (unpaired) electrons. The monoisotopic (exact) mass is 336 g/mol. The van der Waals surface area contributed by atoms with Gasteiger partial charge in [-0.15, -0.1) is 0 Å². The third-order valence-corrected chi connectivity index (χ3v) is 3.84. The standard InChI is InChI=1S/C14H16ClF3N2O2/c1-2-22-13(21)9-3-5-20(6-4-9)12-11(15)7-10(8-19-12)14(16,17)18/h7-9H,2-6H2,1H3. The topological polar surface area (TPSA) is 42.4 Å². The molecule has 1 saturated heterocycles. The number of rotatable bonds is 3. The van der Waals surface area contributed by atoms with Gasteiger partial charge in [-0.25, -0.2) is 4.98 Å². The zero-order valence-electron chi connectivity index (χ0n) is 12.0.